The van der Waals surface area contributed by atoms with Crippen molar-refractivity contribution in [3.05, 3.63) is 40.1 Å². The Morgan fingerprint density at radius 3 is 2.52 bits per heavy atom. The maximum absolute atomic E-state index is 12.1. The maximum Gasteiger partial charge on any atom is 0.395 e. The first-order chi connectivity index (χ1) is 13.9. The number of imide groups is 1. The number of amides is 2. The zero-order valence-electron chi connectivity index (χ0n) is 15.8. The zero-order valence-corrected chi connectivity index (χ0v) is 17.5. The van der Waals surface area contributed by atoms with Gasteiger partial charge in [-0.15, -0.1) is 11.3 Å². The predicted octanol–water partition coefficient (Wildman–Crippen LogP) is 3.74. The molecule has 0 saturated carbocycles. The smallest absolute Gasteiger partial charge is 0.395 e. The number of ether oxygens (including phenoxy) is 2. The number of carboxylic acid groups (broad SMARTS) is 1. The molecule has 29 heavy (non-hydrogen) atoms. The largest absolute Gasteiger partial charge is 0.490 e. The summed E-state index contributed by atoms with van der Waals surface area (Å²) >= 11 is 2.70. The highest BCUT2D eigenvalue weighted by molar-refractivity contribution is 8.04. The third kappa shape index (κ3) is 4.63. The quantitative estimate of drug-likeness (QED) is 0.548. The van der Waals surface area contributed by atoms with Gasteiger partial charge in [0.25, 0.3) is 5.91 Å². The minimum absolute atomic E-state index is 0.00688. The molecule has 1 aromatic carbocycles. The molecule has 0 atom stereocenters. The lowest BCUT2D eigenvalue weighted by molar-refractivity contribution is -0.158. The Labute approximate surface area is 175 Å². The Bertz CT molecular complexity index is 980. The molecule has 1 aromatic heterocycles. The number of hydrogen-bond acceptors (Lipinski definition) is 7. The molecule has 0 radical (unpaired) electrons. The first-order valence-corrected chi connectivity index (χ1v) is 10.7. The van der Waals surface area contributed by atoms with Crippen molar-refractivity contribution in [3.8, 4) is 11.5 Å². The Balaban J connectivity index is 1.78. The second-order valence-corrected chi connectivity index (χ2v) is 7.96. The van der Waals surface area contributed by atoms with E-state index in [1.807, 2.05) is 38.1 Å². The van der Waals surface area contributed by atoms with Gasteiger partial charge in [0.2, 0.25) is 0 Å². The van der Waals surface area contributed by atoms with E-state index in [4.69, 9.17) is 14.6 Å². The van der Waals surface area contributed by atoms with Crippen LogP contribution < -0.4 is 9.47 Å². The first kappa shape index (κ1) is 20.9. The molecule has 9 heteroatoms. The number of aliphatic carboxylic acids is 1. The fourth-order valence-corrected chi connectivity index (χ4v) is 4.59. The molecular weight excluding hydrogens is 414 g/mol. The van der Waals surface area contributed by atoms with Crippen LogP contribution in [0.4, 0.5) is 0 Å². The topological polar surface area (TPSA) is 93.1 Å². The minimum Gasteiger partial charge on any atom is -0.490 e. The number of fused-ring (bicyclic) bond motifs is 1. The predicted molar refractivity (Wildman–Crippen MR) is 113 cm³/mol. The molecule has 2 amide bonds. The molecular formula is C20H19NO6S2. The van der Waals surface area contributed by atoms with Crippen molar-refractivity contribution in [2.24, 2.45) is 0 Å². The highest BCUT2D eigenvalue weighted by Crippen LogP contribution is 2.37. The van der Waals surface area contributed by atoms with E-state index in [-0.39, 0.29) is 5.88 Å². The summed E-state index contributed by atoms with van der Waals surface area (Å²) in [5, 5.41) is 9.77. The number of rotatable bonds is 6. The number of thioether (sulfide) groups is 1. The Morgan fingerprint density at radius 2 is 1.86 bits per heavy atom. The molecule has 7 nitrogen and oxygen atoms in total. The third-order valence-corrected chi connectivity index (χ3v) is 6.01. The summed E-state index contributed by atoms with van der Waals surface area (Å²) in [6.07, 6.45) is 5.16. The van der Waals surface area contributed by atoms with Crippen molar-refractivity contribution in [2.45, 2.75) is 13.8 Å². The van der Waals surface area contributed by atoms with Crippen LogP contribution in [-0.2, 0) is 14.4 Å². The fraction of sp³-hybridized carbons (Fsp3) is 0.250. The van der Waals surface area contributed by atoms with Gasteiger partial charge in [-0.2, -0.15) is 0 Å². The number of allylic oxidation sites excluding steroid dienone is 2. The summed E-state index contributed by atoms with van der Waals surface area (Å²) in [6, 6.07) is 5.91. The molecule has 152 valence electrons. The number of hydrogen-bond donors (Lipinski definition) is 1. The number of nitrogens with zero attached hydrogens (tertiary/aromatic N) is 1. The molecule has 1 N–H and O–H groups in total. The van der Waals surface area contributed by atoms with Crippen molar-refractivity contribution in [3.63, 3.8) is 0 Å². The van der Waals surface area contributed by atoms with Gasteiger partial charge in [-0.25, -0.2) is 4.79 Å². The molecule has 2 aromatic rings. The molecule has 0 bridgehead atoms. The van der Waals surface area contributed by atoms with Crippen molar-refractivity contribution in [1.29, 1.82) is 0 Å². The highest BCUT2D eigenvalue weighted by Gasteiger charge is 2.34. The molecule has 0 unspecified atom stereocenters. The van der Waals surface area contributed by atoms with Crippen molar-refractivity contribution in [1.82, 2.24) is 4.90 Å². The molecule has 1 aliphatic heterocycles. The van der Waals surface area contributed by atoms with E-state index in [1.54, 1.807) is 23.5 Å². The zero-order chi connectivity index (χ0) is 21.0. The van der Waals surface area contributed by atoms with Crippen LogP contribution in [0.2, 0.25) is 0 Å². The molecule has 3 rings (SSSR count). The van der Waals surface area contributed by atoms with E-state index in [9.17, 15) is 14.4 Å². The molecule has 1 saturated heterocycles. The number of benzene rings is 1. The van der Waals surface area contributed by atoms with Crippen molar-refractivity contribution >= 4 is 57.0 Å². The summed E-state index contributed by atoms with van der Waals surface area (Å²) in [4.78, 5) is 36.4. The molecule has 0 aliphatic carbocycles. The normalized spacial score (nSPS) is 15.6. The van der Waals surface area contributed by atoms with E-state index < -0.39 is 17.8 Å². The summed E-state index contributed by atoms with van der Waals surface area (Å²) in [5.74, 6) is -2.03. The van der Waals surface area contributed by atoms with Crippen LogP contribution in [0.1, 0.15) is 18.7 Å². The average molecular weight is 434 g/mol. The number of carboxylic acids is 1. The summed E-state index contributed by atoms with van der Waals surface area (Å²) in [5.41, 5.74) is 0. The van der Waals surface area contributed by atoms with Crippen LogP contribution >= 0.6 is 23.1 Å². The van der Waals surface area contributed by atoms with Gasteiger partial charge < -0.3 is 14.6 Å². The Morgan fingerprint density at radius 1 is 1.17 bits per heavy atom. The van der Waals surface area contributed by atoms with Gasteiger partial charge in [0.1, 0.15) is 0 Å². The monoisotopic (exact) mass is 433 g/mol. The van der Waals surface area contributed by atoms with Gasteiger partial charge in [0.15, 0.2) is 11.5 Å². The third-order valence-electron chi connectivity index (χ3n) is 3.94. The van der Waals surface area contributed by atoms with Gasteiger partial charge in [-0.3, -0.25) is 14.5 Å². The van der Waals surface area contributed by atoms with Gasteiger partial charge in [0, 0.05) is 15.6 Å². The molecule has 2 heterocycles. The van der Waals surface area contributed by atoms with Gasteiger partial charge in [0.05, 0.1) is 24.0 Å². The highest BCUT2D eigenvalue weighted by atomic mass is 32.2. The van der Waals surface area contributed by atoms with E-state index in [0.29, 0.717) is 29.6 Å². The number of carbonyl (C=O) groups excluding carboxylic acids is 2. The number of thiophene rings is 1. The van der Waals surface area contributed by atoms with Crippen LogP contribution in [0, 0.1) is 0 Å². The van der Waals surface area contributed by atoms with Crippen LogP contribution in [0.25, 0.3) is 16.2 Å². The van der Waals surface area contributed by atoms with Crippen molar-refractivity contribution < 1.29 is 29.0 Å². The van der Waals surface area contributed by atoms with Gasteiger partial charge in [-0.1, -0.05) is 17.8 Å². The first-order valence-electron chi connectivity index (χ1n) is 8.88. The maximum atomic E-state index is 12.1. The number of carbonyl (C=O) groups is 3. The van der Waals surface area contributed by atoms with Crippen LogP contribution in [-0.4, -0.2) is 46.9 Å². The summed E-state index contributed by atoms with van der Waals surface area (Å²) in [6.45, 7) is 4.93. The second kappa shape index (κ2) is 9.15. The Kier molecular flexibility index (Phi) is 6.60. The van der Waals surface area contributed by atoms with E-state index in [0.717, 1.165) is 31.6 Å². The van der Waals surface area contributed by atoms with E-state index >= 15 is 0 Å². The lowest BCUT2D eigenvalue weighted by atomic mass is 10.2. The fourth-order valence-electron chi connectivity index (χ4n) is 2.69. The van der Waals surface area contributed by atoms with Crippen LogP contribution in [0.5, 0.6) is 11.5 Å². The lowest BCUT2D eigenvalue weighted by Gasteiger charge is -2.10. The molecule has 0 spiro atoms. The summed E-state index contributed by atoms with van der Waals surface area (Å²) < 4.78 is 12.4. The average Bonchev–Trinajstić information content (AvgIpc) is 3.24. The van der Waals surface area contributed by atoms with Crippen LogP contribution in [0.15, 0.2) is 35.3 Å². The van der Waals surface area contributed by atoms with E-state index in [2.05, 4.69) is 0 Å². The standard InChI is InChI=1S/C20H19NO6S2/c1-3-26-14-9-12-8-13(29-17(12)10-15(14)27-4-2)6-5-7-16-18(22)21(11-28-16)19(23)20(24)25/h5-10H,3-4,11H2,1-2H3,(H,24,25). The van der Waals surface area contributed by atoms with Gasteiger partial charge >= 0.3 is 11.9 Å². The second-order valence-electron chi connectivity index (χ2n) is 5.86. The minimum atomic E-state index is -1.64. The van der Waals surface area contributed by atoms with Crippen LogP contribution in [0.3, 0.4) is 0 Å². The molecule has 1 aliphatic rings. The molecule has 1 fully saturated rings. The van der Waals surface area contributed by atoms with Gasteiger partial charge in [-0.05, 0) is 43.5 Å². The Hall–Kier alpha value is -2.78. The SMILES string of the molecule is CCOc1cc2cc(C=CC=C3SCN(C(=O)C(=O)O)C3=O)sc2cc1OCC. The lowest BCUT2D eigenvalue weighted by Crippen LogP contribution is -2.37. The van der Waals surface area contributed by atoms with Crippen molar-refractivity contribution in [2.75, 3.05) is 19.1 Å². The summed E-state index contributed by atoms with van der Waals surface area (Å²) in [7, 11) is 0. The van der Waals surface area contributed by atoms with E-state index in [1.165, 1.54) is 0 Å².